The van der Waals surface area contributed by atoms with Gasteiger partial charge in [0.05, 0.1) is 19.1 Å². The van der Waals surface area contributed by atoms with Crippen molar-refractivity contribution in [3.05, 3.63) is 24.2 Å². The predicted molar refractivity (Wildman–Crippen MR) is 30.5 cm³/mol. The molecule has 1 aromatic heterocycles. The zero-order chi connectivity index (χ0) is 6.53. The van der Waals surface area contributed by atoms with Crippen LogP contribution in [0.5, 0.6) is 0 Å². The van der Waals surface area contributed by atoms with Crippen molar-refractivity contribution < 1.29 is 9.21 Å². The molecule has 0 aromatic carbocycles. The van der Waals surface area contributed by atoms with Gasteiger partial charge in [0, 0.05) is 5.56 Å². The molecule has 0 spiro atoms. The minimum Gasteiger partial charge on any atom is -0.472 e. The Morgan fingerprint density at radius 3 is 3.22 bits per heavy atom. The van der Waals surface area contributed by atoms with Gasteiger partial charge in [-0.2, -0.15) is 0 Å². The molecule has 0 amide bonds. The van der Waals surface area contributed by atoms with Gasteiger partial charge >= 0.3 is 0 Å². The summed E-state index contributed by atoms with van der Waals surface area (Å²) >= 11 is 0. The minimum absolute atomic E-state index is 0.361. The highest BCUT2D eigenvalue weighted by molar-refractivity contribution is 5.33. The molecule has 1 heterocycles. The average molecular weight is 123 g/mol. The normalized spacial score (nSPS) is 8.44. The second-order valence-electron chi connectivity index (χ2n) is 1.54. The lowest BCUT2D eigenvalue weighted by atomic mass is 10.3. The third kappa shape index (κ3) is 1.55. The van der Waals surface area contributed by atoms with Gasteiger partial charge in [-0.15, -0.1) is 0 Å². The fourth-order valence-corrected chi connectivity index (χ4v) is 0.506. The number of aliphatic imine (C=N–C) groups is 1. The van der Waals surface area contributed by atoms with Crippen molar-refractivity contribution in [1.82, 2.24) is 0 Å². The first-order valence-electron chi connectivity index (χ1n) is 2.48. The smallest absolute Gasteiger partial charge is 0.235 e. The van der Waals surface area contributed by atoms with Crippen LogP contribution in [0.25, 0.3) is 0 Å². The van der Waals surface area contributed by atoms with Crippen LogP contribution >= 0.6 is 0 Å². The Hall–Kier alpha value is -1.34. The third-order valence-electron chi connectivity index (χ3n) is 0.906. The number of isocyanates is 1. The Bertz CT molecular complexity index is 209. The standard InChI is InChI=1S/C6H5NO2/c8-5-7-3-6-1-2-9-4-6/h1-2,4H,3H2. The molecule has 0 saturated carbocycles. The molecule has 0 N–H and O–H groups in total. The summed E-state index contributed by atoms with van der Waals surface area (Å²) in [5.41, 5.74) is 0.887. The average Bonchev–Trinajstić information content (AvgIpc) is 2.34. The molecule has 0 atom stereocenters. The molecule has 0 aliphatic rings. The first-order valence-corrected chi connectivity index (χ1v) is 2.48. The molecule has 0 radical (unpaired) electrons. The summed E-state index contributed by atoms with van der Waals surface area (Å²) in [6, 6.07) is 1.75. The number of hydrogen-bond acceptors (Lipinski definition) is 3. The van der Waals surface area contributed by atoms with Crippen LogP contribution in [0.1, 0.15) is 5.56 Å². The van der Waals surface area contributed by atoms with Gasteiger partial charge in [-0.1, -0.05) is 0 Å². The van der Waals surface area contributed by atoms with Crippen LogP contribution in [-0.4, -0.2) is 6.08 Å². The molecule has 46 valence electrons. The summed E-state index contributed by atoms with van der Waals surface area (Å²) in [5.74, 6) is 0. The number of carbonyl (C=O) groups excluding carboxylic acids is 1. The van der Waals surface area contributed by atoms with Crippen molar-refractivity contribution in [2.24, 2.45) is 4.99 Å². The molecule has 3 nitrogen and oxygen atoms in total. The van der Waals surface area contributed by atoms with Crippen molar-refractivity contribution in [1.29, 1.82) is 0 Å². The van der Waals surface area contributed by atoms with Gasteiger partial charge in [0.25, 0.3) is 0 Å². The molecular weight excluding hydrogens is 118 g/mol. The van der Waals surface area contributed by atoms with E-state index in [-0.39, 0.29) is 0 Å². The quantitative estimate of drug-likeness (QED) is 0.436. The lowest BCUT2D eigenvalue weighted by Gasteiger charge is -1.78. The summed E-state index contributed by atoms with van der Waals surface area (Å²) in [4.78, 5) is 12.9. The molecule has 0 fully saturated rings. The van der Waals surface area contributed by atoms with Crippen LogP contribution in [0.15, 0.2) is 28.0 Å². The number of rotatable bonds is 2. The summed E-state index contributed by atoms with van der Waals surface area (Å²) in [6.07, 6.45) is 4.52. The monoisotopic (exact) mass is 123 g/mol. The van der Waals surface area contributed by atoms with Crippen LogP contribution in [0.3, 0.4) is 0 Å². The van der Waals surface area contributed by atoms with Crippen LogP contribution < -0.4 is 0 Å². The first kappa shape index (κ1) is 5.79. The van der Waals surface area contributed by atoms with Crippen LogP contribution in [-0.2, 0) is 11.3 Å². The van der Waals surface area contributed by atoms with Gasteiger partial charge in [0.1, 0.15) is 0 Å². The van der Waals surface area contributed by atoms with E-state index in [1.165, 1.54) is 12.3 Å². The number of furan rings is 1. The van der Waals surface area contributed by atoms with E-state index in [1.807, 2.05) is 0 Å². The molecule has 1 rings (SSSR count). The highest BCUT2D eigenvalue weighted by Gasteiger charge is 1.88. The van der Waals surface area contributed by atoms with Gasteiger partial charge < -0.3 is 4.42 Å². The molecule has 0 aliphatic heterocycles. The molecule has 0 unspecified atom stereocenters. The molecule has 0 aliphatic carbocycles. The van der Waals surface area contributed by atoms with Crippen molar-refractivity contribution in [2.75, 3.05) is 0 Å². The first-order chi connectivity index (χ1) is 4.43. The number of hydrogen-bond donors (Lipinski definition) is 0. The van der Waals surface area contributed by atoms with Crippen molar-refractivity contribution in [2.45, 2.75) is 6.54 Å². The van der Waals surface area contributed by atoms with Crippen molar-refractivity contribution in [3.63, 3.8) is 0 Å². The molecular formula is C6H5NO2. The Balaban J connectivity index is 2.57. The third-order valence-corrected chi connectivity index (χ3v) is 0.906. The lowest BCUT2D eigenvalue weighted by molar-refractivity contribution is 0.560. The second-order valence-corrected chi connectivity index (χ2v) is 1.54. The van der Waals surface area contributed by atoms with E-state index >= 15 is 0 Å². The highest BCUT2D eigenvalue weighted by atomic mass is 16.3. The van der Waals surface area contributed by atoms with E-state index in [4.69, 9.17) is 4.42 Å². The summed E-state index contributed by atoms with van der Waals surface area (Å²) < 4.78 is 4.72. The van der Waals surface area contributed by atoms with E-state index in [0.29, 0.717) is 6.54 Å². The molecule has 0 bridgehead atoms. The fourth-order valence-electron chi connectivity index (χ4n) is 0.506. The Morgan fingerprint density at radius 2 is 2.67 bits per heavy atom. The fraction of sp³-hybridized carbons (Fsp3) is 0.167. The summed E-state index contributed by atoms with van der Waals surface area (Å²) in [6.45, 7) is 0.361. The van der Waals surface area contributed by atoms with E-state index in [0.717, 1.165) is 5.56 Å². The maximum atomic E-state index is 9.58. The second kappa shape index (κ2) is 2.84. The Labute approximate surface area is 52.0 Å². The zero-order valence-corrected chi connectivity index (χ0v) is 4.70. The maximum Gasteiger partial charge on any atom is 0.235 e. The van der Waals surface area contributed by atoms with Gasteiger partial charge in [0.2, 0.25) is 6.08 Å². The topological polar surface area (TPSA) is 42.6 Å². The summed E-state index contributed by atoms with van der Waals surface area (Å²) in [5, 5.41) is 0. The molecule has 3 heteroatoms. The SMILES string of the molecule is O=C=NCc1ccoc1. The minimum atomic E-state index is 0.361. The van der Waals surface area contributed by atoms with E-state index < -0.39 is 0 Å². The van der Waals surface area contributed by atoms with Crippen molar-refractivity contribution >= 4 is 6.08 Å². The molecule has 0 saturated heterocycles. The van der Waals surface area contributed by atoms with Gasteiger partial charge in [-0.3, -0.25) is 0 Å². The Morgan fingerprint density at radius 1 is 1.78 bits per heavy atom. The maximum absolute atomic E-state index is 9.58. The van der Waals surface area contributed by atoms with E-state index in [2.05, 4.69) is 4.99 Å². The van der Waals surface area contributed by atoms with Gasteiger partial charge in [0.15, 0.2) is 0 Å². The zero-order valence-electron chi connectivity index (χ0n) is 4.70. The van der Waals surface area contributed by atoms with Crippen molar-refractivity contribution in [3.8, 4) is 0 Å². The van der Waals surface area contributed by atoms with E-state index in [9.17, 15) is 4.79 Å². The van der Waals surface area contributed by atoms with Gasteiger partial charge in [-0.25, -0.2) is 9.79 Å². The van der Waals surface area contributed by atoms with E-state index in [1.54, 1.807) is 12.3 Å². The van der Waals surface area contributed by atoms with Crippen LogP contribution in [0.2, 0.25) is 0 Å². The molecule has 1 aromatic rings. The lowest BCUT2D eigenvalue weighted by Crippen LogP contribution is -1.71. The summed E-state index contributed by atoms with van der Waals surface area (Å²) in [7, 11) is 0. The number of nitrogens with zero attached hydrogens (tertiary/aromatic N) is 1. The highest BCUT2D eigenvalue weighted by Crippen LogP contribution is 1.99. The Kier molecular flexibility index (Phi) is 1.83. The van der Waals surface area contributed by atoms with Crippen LogP contribution in [0, 0.1) is 0 Å². The predicted octanol–water partition coefficient (Wildman–Crippen LogP) is 1.12. The largest absolute Gasteiger partial charge is 0.472 e. The molecule has 9 heavy (non-hydrogen) atoms. The van der Waals surface area contributed by atoms with Crippen LogP contribution in [0.4, 0.5) is 0 Å². The van der Waals surface area contributed by atoms with Gasteiger partial charge in [-0.05, 0) is 6.07 Å².